The van der Waals surface area contributed by atoms with Gasteiger partial charge in [0.05, 0.1) is 0 Å². The number of nitrogens with zero attached hydrogens (tertiary/aromatic N) is 4. The second-order valence-electron chi connectivity index (χ2n) is 5.00. The summed E-state index contributed by atoms with van der Waals surface area (Å²) in [6.45, 7) is 0. The summed E-state index contributed by atoms with van der Waals surface area (Å²) in [5, 5.41) is 26.1. The zero-order valence-corrected chi connectivity index (χ0v) is 11.9. The second kappa shape index (κ2) is 5.38. The zero-order chi connectivity index (χ0) is 15.6. The topological polar surface area (TPSA) is 98.0 Å². The average molecular weight is 304 g/mol. The van der Waals surface area contributed by atoms with Gasteiger partial charge in [-0.15, -0.1) is 10.2 Å². The number of aromatic nitrogens is 2. The number of imidazole rings is 1. The monoisotopic (exact) mass is 304 g/mol. The van der Waals surface area contributed by atoms with Crippen LogP contribution in [0.25, 0.3) is 6.08 Å². The summed E-state index contributed by atoms with van der Waals surface area (Å²) in [7, 11) is 0. The molecule has 0 fully saturated rings. The molecule has 2 heterocycles. The van der Waals surface area contributed by atoms with Gasteiger partial charge in [0.15, 0.2) is 0 Å². The van der Waals surface area contributed by atoms with E-state index in [1.807, 2.05) is 48.5 Å². The third-order valence-corrected chi connectivity index (χ3v) is 3.36. The predicted molar refractivity (Wildman–Crippen MR) is 85.3 cm³/mol. The Labute approximate surface area is 130 Å². The minimum atomic E-state index is -0.0738. The van der Waals surface area contributed by atoms with Crippen molar-refractivity contribution < 1.29 is 5.11 Å². The molecule has 3 N–H and O–H groups in total. The first-order chi connectivity index (χ1) is 11.3. The highest BCUT2D eigenvalue weighted by Gasteiger charge is 2.07. The second-order valence-corrected chi connectivity index (χ2v) is 5.00. The molecule has 0 aliphatic carbocycles. The molecule has 1 aliphatic rings. The van der Waals surface area contributed by atoms with E-state index in [0.717, 1.165) is 16.3 Å². The molecule has 0 amide bonds. The number of hydrogen-bond donors (Lipinski definition) is 3. The van der Waals surface area contributed by atoms with Crippen LogP contribution in [0.5, 0.6) is 5.88 Å². The van der Waals surface area contributed by atoms with Crippen LogP contribution in [0.1, 0.15) is 5.69 Å². The third-order valence-electron chi connectivity index (χ3n) is 3.36. The largest absolute Gasteiger partial charge is 0.492 e. The van der Waals surface area contributed by atoms with E-state index in [1.165, 1.54) is 0 Å². The molecule has 3 aromatic rings. The number of benzene rings is 2. The normalized spacial score (nSPS) is 13.0. The molecular formula is C16H12N6O. The van der Waals surface area contributed by atoms with Gasteiger partial charge in [0.1, 0.15) is 16.7 Å². The van der Waals surface area contributed by atoms with E-state index in [9.17, 15) is 5.11 Å². The van der Waals surface area contributed by atoms with E-state index in [1.54, 1.807) is 6.08 Å². The quantitative estimate of drug-likeness (QED) is 0.692. The Balaban J connectivity index is 1.66. The van der Waals surface area contributed by atoms with Crippen molar-refractivity contribution in [2.75, 3.05) is 5.32 Å². The highest BCUT2D eigenvalue weighted by atomic mass is 16.3. The van der Waals surface area contributed by atoms with Crippen LogP contribution < -0.4 is 15.9 Å². The molecule has 0 saturated carbocycles. The molecule has 23 heavy (non-hydrogen) atoms. The van der Waals surface area contributed by atoms with Crippen LogP contribution in [0.4, 0.5) is 17.3 Å². The Morgan fingerprint density at radius 3 is 2.83 bits per heavy atom. The lowest BCUT2D eigenvalue weighted by atomic mass is 10.2. The first kappa shape index (κ1) is 13.2. The number of hydrogen-bond acceptors (Lipinski definition) is 6. The van der Waals surface area contributed by atoms with Gasteiger partial charge in [0.2, 0.25) is 11.8 Å². The number of fused-ring (bicyclic) bond motifs is 1. The SMILES string of the molecule is Oc1nc(Nc2ccccc2)[nH]c1C=c1ccc2c(c1)N=NN=2. The van der Waals surface area contributed by atoms with Gasteiger partial charge in [0, 0.05) is 5.69 Å². The molecule has 4 rings (SSSR count). The molecule has 0 saturated heterocycles. The third kappa shape index (κ3) is 2.67. The van der Waals surface area contributed by atoms with Gasteiger partial charge in [-0.25, -0.2) is 0 Å². The fourth-order valence-electron chi connectivity index (χ4n) is 2.28. The van der Waals surface area contributed by atoms with Gasteiger partial charge >= 0.3 is 0 Å². The van der Waals surface area contributed by atoms with Crippen LogP contribution in [0, 0.1) is 0 Å². The molecule has 2 aromatic carbocycles. The lowest BCUT2D eigenvalue weighted by molar-refractivity contribution is 0.455. The summed E-state index contributed by atoms with van der Waals surface area (Å²) < 4.78 is 0. The Hall–Kier alpha value is -3.48. The summed E-state index contributed by atoms with van der Waals surface area (Å²) in [5.41, 5.74) is 2.10. The standard InChI is InChI=1S/C16H12N6O/c23-15-14(9-10-6-7-12-13(8-10)21-22-20-12)18-16(19-15)17-11-4-2-1-3-5-11/h1-9,23H,(H2,17,18,19). The zero-order valence-electron chi connectivity index (χ0n) is 11.9. The maximum atomic E-state index is 9.99. The number of anilines is 2. The molecule has 0 spiro atoms. The molecule has 1 aromatic heterocycles. The van der Waals surface area contributed by atoms with Crippen LogP contribution in [0.15, 0.2) is 64.0 Å². The molecular weight excluding hydrogens is 292 g/mol. The van der Waals surface area contributed by atoms with Gasteiger partial charge in [-0.3, -0.25) is 0 Å². The van der Waals surface area contributed by atoms with E-state index in [2.05, 4.69) is 30.7 Å². The summed E-state index contributed by atoms with van der Waals surface area (Å²) in [6, 6.07) is 15.2. The van der Waals surface area contributed by atoms with Crippen LogP contribution in [0.3, 0.4) is 0 Å². The summed E-state index contributed by atoms with van der Waals surface area (Å²) >= 11 is 0. The average Bonchev–Trinajstić information content (AvgIpc) is 3.15. The highest BCUT2D eigenvalue weighted by molar-refractivity contribution is 5.59. The van der Waals surface area contributed by atoms with E-state index >= 15 is 0 Å². The summed E-state index contributed by atoms with van der Waals surface area (Å²) in [5.74, 6) is 0.394. The predicted octanol–water partition coefficient (Wildman–Crippen LogP) is 2.32. The minimum Gasteiger partial charge on any atom is -0.492 e. The summed E-state index contributed by atoms with van der Waals surface area (Å²) in [6.07, 6.45) is 1.78. The number of aromatic hydroxyl groups is 1. The van der Waals surface area contributed by atoms with Crippen molar-refractivity contribution in [1.29, 1.82) is 0 Å². The van der Waals surface area contributed by atoms with Crippen molar-refractivity contribution in [3.05, 3.63) is 64.8 Å². The maximum absolute atomic E-state index is 9.99. The Kier molecular flexibility index (Phi) is 3.09. The van der Waals surface area contributed by atoms with E-state index < -0.39 is 0 Å². The molecule has 0 radical (unpaired) electrons. The molecule has 7 heteroatoms. The Morgan fingerprint density at radius 1 is 1.09 bits per heavy atom. The van der Waals surface area contributed by atoms with Gasteiger partial charge < -0.3 is 15.4 Å². The molecule has 0 bridgehead atoms. The molecule has 7 nitrogen and oxygen atoms in total. The van der Waals surface area contributed by atoms with Crippen molar-refractivity contribution in [3.8, 4) is 5.88 Å². The summed E-state index contributed by atoms with van der Waals surface area (Å²) in [4.78, 5) is 7.11. The van der Waals surface area contributed by atoms with Gasteiger partial charge in [0.25, 0.3) is 0 Å². The smallest absolute Gasteiger partial charge is 0.238 e. The first-order valence-electron chi connectivity index (χ1n) is 6.99. The van der Waals surface area contributed by atoms with Gasteiger partial charge in [-0.05, 0) is 40.8 Å². The van der Waals surface area contributed by atoms with Crippen molar-refractivity contribution in [3.63, 3.8) is 0 Å². The number of rotatable bonds is 3. The van der Waals surface area contributed by atoms with Gasteiger partial charge in [-0.2, -0.15) is 4.98 Å². The molecule has 1 aliphatic heterocycles. The molecule has 0 atom stereocenters. The van der Waals surface area contributed by atoms with Crippen molar-refractivity contribution >= 4 is 23.4 Å². The van der Waals surface area contributed by atoms with Crippen molar-refractivity contribution in [1.82, 2.24) is 9.97 Å². The first-order valence-corrected chi connectivity index (χ1v) is 6.99. The lowest BCUT2D eigenvalue weighted by Crippen LogP contribution is -2.06. The van der Waals surface area contributed by atoms with Crippen LogP contribution in [0.2, 0.25) is 0 Å². The highest BCUT2D eigenvalue weighted by Crippen LogP contribution is 2.20. The van der Waals surface area contributed by atoms with Crippen LogP contribution in [-0.2, 0) is 0 Å². The fraction of sp³-hybridized carbons (Fsp3) is 0. The van der Waals surface area contributed by atoms with E-state index in [4.69, 9.17) is 0 Å². The Bertz CT molecular complexity index is 1010. The lowest BCUT2D eigenvalue weighted by Gasteiger charge is -2.00. The number of para-hydroxylation sites is 1. The van der Waals surface area contributed by atoms with Gasteiger partial charge in [-0.1, -0.05) is 24.3 Å². The number of nitrogens with one attached hydrogen (secondary N) is 2. The maximum Gasteiger partial charge on any atom is 0.238 e. The molecule has 112 valence electrons. The van der Waals surface area contributed by atoms with Crippen LogP contribution in [-0.4, -0.2) is 15.1 Å². The number of H-pyrrole nitrogens is 1. The van der Waals surface area contributed by atoms with Crippen molar-refractivity contribution in [2.45, 2.75) is 0 Å². The van der Waals surface area contributed by atoms with E-state index in [0.29, 0.717) is 17.3 Å². The van der Waals surface area contributed by atoms with E-state index in [-0.39, 0.29) is 5.88 Å². The van der Waals surface area contributed by atoms with Crippen LogP contribution >= 0.6 is 0 Å². The van der Waals surface area contributed by atoms with Crippen molar-refractivity contribution in [2.24, 2.45) is 15.4 Å². The fourth-order valence-corrected chi connectivity index (χ4v) is 2.28. The Morgan fingerprint density at radius 2 is 1.96 bits per heavy atom. The minimum absolute atomic E-state index is 0.0738. The number of aromatic amines is 1. The molecule has 0 unspecified atom stereocenters.